The molecule has 2 aliphatic rings. The van der Waals surface area contributed by atoms with Crippen LogP contribution in [-0.4, -0.2) is 72.3 Å². The van der Waals surface area contributed by atoms with Gasteiger partial charge in [-0.1, -0.05) is 12.8 Å². The Balaban J connectivity index is 1.91. The minimum atomic E-state index is -0.568. The Morgan fingerprint density at radius 2 is 1.59 bits per heavy atom. The number of hydrogen-bond acceptors (Lipinski definition) is 5. The van der Waals surface area contributed by atoms with E-state index < -0.39 is 11.7 Å². The van der Waals surface area contributed by atoms with Crippen molar-refractivity contribution in [1.82, 2.24) is 15.1 Å². The van der Waals surface area contributed by atoms with Crippen molar-refractivity contribution >= 4 is 18.1 Å². The van der Waals surface area contributed by atoms with E-state index in [-0.39, 0.29) is 24.0 Å². The van der Waals surface area contributed by atoms with E-state index in [1.807, 2.05) is 20.8 Å². The zero-order valence-corrected chi connectivity index (χ0v) is 17.0. The van der Waals surface area contributed by atoms with Gasteiger partial charge < -0.3 is 24.6 Å². The quantitative estimate of drug-likeness (QED) is 0.808. The minimum absolute atomic E-state index is 0.0549. The second-order valence-electron chi connectivity index (χ2n) is 8.15. The number of ether oxygens (including phenoxy) is 2. The predicted molar refractivity (Wildman–Crippen MR) is 100 cm³/mol. The van der Waals surface area contributed by atoms with Gasteiger partial charge in [-0.25, -0.2) is 9.59 Å². The molecule has 0 aromatic rings. The molecule has 1 aliphatic heterocycles. The number of hydrogen-bond donors (Lipinski definition) is 1. The second-order valence-corrected chi connectivity index (χ2v) is 8.15. The van der Waals surface area contributed by atoms with Crippen molar-refractivity contribution in [1.29, 1.82) is 0 Å². The topological polar surface area (TPSA) is 88.2 Å². The predicted octanol–water partition coefficient (Wildman–Crippen LogP) is 2.37. The van der Waals surface area contributed by atoms with Crippen molar-refractivity contribution in [3.05, 3.63) is 0 Å². The van der Waals surface area contributed by atoms with E-state index in [4.69, 9.17) is 9.47 Å². The van der Waals surface area contributed by atoms with Gasteiger partial charge in [0.1, 0.15) is 5.60 Å². The van der Waals surface area contributed by atoms with E-state index in [0.717, 1.165) is 25.7 Å². The molecule has 0 unspecified atom stereocenters. The molecule has 1 N–H and O–H groups in total. The van der Waals surface area contributed by atoms with Crippen LogP contribution in [0.5, 0.6) is 0 Å². The summed E-state index contributed by atoms with van der Waals surface area (Å²) in [5.41, 5.74) is -0.568. The normalized spacial score (nSPS) is 23.6. The standard InChI is InChI=1S/C19H33N3O5/c1-5-26-18(25)22-12-10-21(11-13-22)16(23)14-8-6-7-9-15(14)20-17(24)27-19(2,3)4/h14-15H,5-13H2,1-4H3,(H,20,24)/t14-,15-/m1/s1. The van der Waals surface area contributed by atoms with Crippen LogP contribution < -0.4 is 5.32 Å². The van der Waals surface area contributed by atoms with Gasteiger partial charge >= 0.3 is 12.2 Å². The first kappa shape index (κ1) is 21.3. The van der Waals surface area contributed by atoms with Crippen molar-refractivity contribution in [3.8, 4) is 0 Å². The fourth-order valence-electron chi connectivity index (χ4n) is 3.62. The first-order valence-electron chi connectivity index (χ1n) is 9.91. The highest BCUT2D eigenvalue weighted by Crippen LogP contribution is 2.27. The summed E-state index contributed by atoms with van der Waals surface area (Å²) in [6.45, 7) is 9.51. The average Bonchev–Trinajstić information content (AvgIpc) is 2.60. The molecule has 0 aromatic carbocycles. The molecular weight excluding hydrogens is 350 g/mol. The number of carbonyl (C=O) groups is 3. The Hall–Kier alpha value is -1.99. The Labute approximate surface area is 161 Å². The SMILES string of the molecule is CCOC(=O)N1CCN(C(=O)[C@@H]2CCCC[C@H]2NC(=O)OC(C)(C)C)CC1. The third-order valence-electron chi connectivity index (χ3n) is 4.90. The van der Waals surface area contributed by atoms with Gasteiger partial charge in [0.15, 0.2) is 0 Å². The minimum Gasteiger partial charge on any atom is -0.450 e. The highest BCUT2D eigenvalue weighted by atomic mass is 16.6. The van der Waals surface area contributed by atoms with Crippen LogP contribution >= 0.6 is 0 Å². The maximum atomic E-state index is 13.0. The van der Waals surface area contributed by atoms with Crippen LogP contribution in [-0.2, 0) is 14.3 Å². The first-order valence-corrected chi connectivity index (χ1v) is 9.91. The largest absolute Gasteiger partial charge is 0.450 e. The molecule has 8 nitrogen and oxygen atoms in total. The van der Waals surface area contributed by atoms with Gasteiger partial charge in [-0.3, -0.25) is 4.79 Å². The van der Waals surface area contributed by atoms with Crippen LogP contribution in [0, 0.1) is 5.92 Å². The number of nitrogens with one attached hydrogen (secondary N) is 1. The highest BCUT2D eigenvalue weighted by Gasteiger charge is 2.36. The summed E-state index contributed by atoms with van der Waals surface area (Å²) in [4.78, 5) is 40.4. The lowest BCUT2D eigenvalue weighted by molar-refractivity contribution is -0.139. The van der Waals surface area contributed by atoms with Gasteiger partial charge in [0, 0.05) is 32.2 Å². The molecule has 3 amide bonds. The summed E-state index contributed by atoms with van der Waals surface area (Å²) < 4.78 is 10.4. The summed E-state index contributed by atoms with van der Waals surface area (Å²) in [7, 11) is 0. The Kier molecular flexibility index (Phi) is 7.33. The third kappa shape index (κ3) is 6.29. The lowest BCUT2D eigenvalue weighted by Crippen LogP contribution is -2.55. The van der Waals surface area contributed by atoms with E-state index in [2.05, 4.69) is 5.32 Å². The number of piperazine rings is 1. The Morgan fingerprint density at radius 3 is 2.19 bits per heavy atom. The lowest BCUT2D eigenvalue weighted by atomic mass is 9.83. The molecule has 2 fully saturated rings. The molecule has 8 heteroatoms. The van der Waals surface area contributed by atoms with Crippen LogP contribution in [0.15, 0.2) is 0 Å². The van der Waals surface area contributed by atoms with Gasteiger partial charge in [0.2, 0.25) is 5.91 Å². The molecule has 1 aliphatic carbocycles. The fourth-order valence-corrected chi connectivity index (χ4v) is 3.62. The molecule has 1 heterocycles. The molecule has 1 saturated heterocycles. The number of nitrogens with zero attached hydrogens (tertiary/aromatic N) is 2. The van der Waals surface area contributed by atoms with E-state index >= 15 is 0 Å². The second kappa shape index (κ2) is 9.28. The summed E-state index contributed by atoms with van der Waals surface area (Å²) in [6.07, 6.45) is 2.70. The fraction of sp³-hybridized carbons (Fsp3) is 0.842. The monoisotopic (exact) mass is 383 g/mol. The molecule has 2 rings (SSSR count). The van der Waals surface area contributed by atoms with Gasteiger partial charge in [0.25, 0.3) is 0 Å². The first-order chi connectivity index (χ1) is 12.7. The molecule has 0 aromatic heterocycles. The van der Waals surface area contributed by atoms with Crippen molar-refractivity contribution < 1.29 is 23.9 Å². The molecule has 0 spiro atoms. The van der Waals surface area contributed by atoms with Crippen LogP contribution in [0.3, 0.4) is 0 Å². The van der Waals surface area contributed by atoms with Gasteiger partial charge in [-0.2, -0.15) is 0 Å². The molecule has 0 radical (unpaired) electrons. The Morgan fingerprint density at radius 1 is 1.00 bits per heavy atom. The lowest BCUT2D eigenvalue weighted by Gasteiger charge is -2.39. The van der Waals surface area contributed by atoms with Crippen LogP contribution in [0.1, 0.15) is 53.4 Å². The van der Waals surface area contributed by atoms with Crippen LogP contribution in [0.25, 0.3) is 0 Å². The number of amides is 3. The van der Waals surface area contributed by atoms with Crippen molar-refractivity contribution in [3.63, 3.8) is 0 Å². The maximum absolute atomic E-state index is 13.0. The van der Waals surface area contributed by atoms with Crippen molar-refractivity contribution in [2.24, 2.45) is 5.92 Å². The van der Waals surface area contributed by atoms with Gasteiger partial charge in [-0.15, -0.1) is 0 Å². The molecule has 2 atom stereocenters. The highest BCUT2D eigenvalue weighted by molar-refractivity contribution is 5.81. The van der Waals surface area contributed by atoms with E-state index in [1.165, 1.54) is 0 Å². The van der Waals surface area contributed by atoms with E-state index in [9.17, 15) is 14.4 Å². The van der Waals surface area contributed by atoms with Crippen molar-refractivity contribution in [2.75, 3.05) is 32.8 Å². The zero-order valence-electron chi connectivity index (χ0n) is 17.0. The van der Waals surface area contributed by atoms with Crippen LogP contribution in [0.4, 0.5) is 9.59 Å². The van der Waals surface area contributed by atoms with Gasteiger partial charge in [0.05, 0.1) is 12.5 Å². The zero-order chi connectivity index (χ0) is 20.0. The number of alkyl carbamates (subject to hydrolysis) is 1. The number of rotatable bonds is 3. The summed E-state index contributed by atoms with van der Waals surface area (Å²) in [6, 6.07) is -0.204. The van der Waals surface area contributed by atoms with Crippen LogP contribution in [0.2, 0.25) is 0 Å². The summed E-state index contributed by atoms with van der Waals surface area (Å²) in [5.74, 6) is -0.181. The smallest absolute Gasteiger partial charge is 0.409 e. The summed E-state index contributed by atoms with van der Waals surface area (Å²) >= 11 is 0. The van der Waals surface area contributed by atoms with E-state index in [0.29, 0.717) is 32.8 Å². The molecule has 154 valence electrons. The molecular formula is C19H33N3O5. The van der Waals surface area contributed by atoms with Crippen molar-refractivity contribution in [2.45, 2.75) is 65.0 Å². The van der Waals surface area contributed by atoms with E-state index in [1.54, 1.807) is 16.7 Å². The Bertz CT molecular complexity index is 538. The van der Waals surface area contributed by atoms with Gasteiger partial charge in [-0.05, 0) is 40.5 Å². The number of carbonyl (C=O) groups excluding carboxylic acids is 3. The molecule has 0 bridgehead atoms. The average molecular weight is 383 g/mol. The third-order valence-corrected chi connectivity index (χ3v) is 4.90. The summed E-state index contributed by atoms with van der Waals surface area (Å²) in [5, 5.41) is 2.90. The molecule has 1 saturated carbocycles. The maximum Gasteiger partial charge on any atom is 0.409 e. The molecule has 27 heavy (non-hydrogen) atoms.